The van der Waals surface area contributed by atoms with Crippen molar-refractivity contribution in [3.8, 4) is 0 Å². The highest BCUT2D eigenvalue weighted by atomic mass is 32.1. The molecule has 0 amide bonds. The minimum atomic E-state index is -1.06. The van der Waals surface area contributed by atoms with Crippen LogP contribution in [-0.2, 0) is 4.79 Å². The van der Waals surface area contributed by atoms with E-state index in [9.17, 15) is 20.0 Å². The van der Waals surface area contributed by atoms with Crippen LogP contribution in [0.3, 0.4) is 0 Å². The first-order valence-electron chi connectivity index (χ1n) is 5.73. The van der Waals surface area contributed by atoms with Crippen molar-refractivity contribution in [3.63, 3.8) is 0 Å². The molecule has 0 radical (unpaired) electrons. The van der Waals surface area contributed by atoms with Gasteiger partial charge in [0.1, 0.15) is 5.92 Å². The summed E-state index contributed by atoms with van der Waals surface area (Å²) in [6.45, 7) is 1.58. The summed E-state index contributed by atoms with van der Waals surface area (Å²) < 4.78 is 0. The monoisotopic (exact) mass is 293 g/mol. The van der Waals surface area contributed by atoms with Gasteiger partial charge in [-0.2, -0.15) is 0 Å². The zero-order valence-corrected chi connectivity index (χ0v) is 11.3. The molecule has 2 N–H and O–H groups in total. The Morgan fingerprint density at radius 3 is 2.85 bits per heavy atom. The van der Waals surface area contributed by atoms with Gasteiger partial charge in [0.2, 0.25) is 0 Å². The lowest BCUT2D eigenvalue weighted by Crippen LogP contribution is -2.43. The average molecular weight is 293 g/mol. The largest absolute Gasteiger partial charge is 0.481 e. The number of hydrogen-bond donors (Lipinski definition) is 2. The van der Waals surface area contributed by atoms with E-state index in [0.717, 1.165) is 0 Å². The molecule has 104 valence electrons. The number of aliphatic imine (C=N–C) groups is 1. The number of carboxylic acid groups (broad SMARTS) is 1. The fourth-order valence-electron chi connectivity index (χ4n) is 2.15. The number of nitrogens with one attached hydrogen (secondary N) is 1. The van der Waals surface area contributed by atoms with Crippen LogP contribution in [0.4, 0.5) is 5.69 Å². The van der Waals surface area contributed by atoms with Gasteiger partial charge in [-0.3, -0.25) is 14.9 Å². The van der Waals surface area contributed by atoms with E-state index in [1.54, 1.807) is 13.0 Å². The minimum Gasteiger partial charge on any atom is -0.481 e. The normalized spacial score (nSPS) is 21.9. The van der Waals surface area contributed by atoms with Crippen molar-refractivity contribution >= 4 is 34.7 Å². The Bertz CT molecular complexity index is 629. The van der Waals surface area contributed by atoms with E-state index in [1.165, 1.54) is 18.2 Å². The summed E-state index contributed by atoms with van der Waals surface area (Å²) >= 11 is 4.96. The van der Waals surface area contributed by atoms with Crippen LogP contribution in [0, 0.1) is 16.0 Å². The zero-order chi connectivity index (χ0) is 14.9. The molecule has 2 atom stereocenters. The predicted octanol–water partition coefficient (Wildman–Crippen LogP) is 1.69. The summed E-state index contributed by atoms with van der Waals surface area (Å²) in [4.78, 5) is 25.6. The molecule has 2 rings (SSSR count). The highest BCUT2D eigenvalue weighted by molar-refractivity contribution is 7.80. The van der Waals surface area contributed by atoms with Crippen molar-refractivity contribution in [2.24, 2.45) is 10.9 Å². The van der Waals surface area contributed by atoms with Gasteiger partial charge in [0.05, 0.1) is 11.0 Å². The highest BCUT2D eigenvalue weighted by Gasteiger charge is 2.36. The maximum absolute atomic E-state index is 11.4. The maximum Gasteiger partial charge on any atom is 0.314 e. The SMILES string of the molecule is CC1=NC(=S)NC(c2cccc([N+](=O)[O-])c2)C1C(=O)O. The third-order valence-electron chi connectivity index (χ3n) is 3.05. The Kier molecular flexibility index (Phi) is 3.75. The molecule has 0 fully saturated rings. The fourth-order valence-corrected chi connectivity index (χ4v) is 2.42. The second kappa shape index (κ2) is 5.33. The van der Waals surface area contributed by atoms with Crippen LogP contribution in [0.15, 0.2) is 29.3 Å². The molecular formula is C12H11N3O4S. The van der Waals surface area contributed by atoms with Crippen molar-refractivity contribution in [2.45, 2.75) is 13.0 Å². The molecule has 7 nitrogen and oxygen atoms in total. The van der Waals surface area contributed by atoms with E-state index in [2.05, 4.69) is 10.3 Å². The van der Waals surface area contributed by atoms with Gasteiger partial charge in [0, 0.05) is 17.8 Å². The predicted molar refractivity (Wildman–Crippen MR) is 75.8 cm³/mol. The summed E-state index contributed by atoms with van der Waals surface area (Å²) in [6, 6.07) is 5.16. The van der Waals surface area contributed by atoms with Crippen LogP contribution in [0.2, 0.25) is 0 Å². The van der Waals surface area contributed by atoms with Crippen molar-refractivity contribution in [1.82, 2.24) is 5.32 Å². The molecule has 1 aromatic rings. The van der Waals surface area contributed by atoms with Crippen molar-refractivity contribution < 1.29 is 14.8 Å². The minimum absolute atomic E-state index is 0.0977. The Hall–Kier alpha value is -2.35. The number of non-ortho nitro benzene ring substituents is 1. The topological polar surface area (TPSA) is 105 Å². The van der Waals surface area contributed by atoms with Crippen LogP contribution in [0.1, 0.15) is 18.5 Å². The third-order valence-corrected chi connectivity index (χ3v) is 3.26. The third kappa shape index (κ3) is 2.64. The first-order valence-corrected chi connectivity index (χ1v) is 6.14. The molecule has 0 saturated heterocycles. The van der Waals surface area contributed by atoms with Crippen molar-refractivity contribution in [2.75, 3.05) is 0 Å². The van der Waals surface area contributed by atoms with Gasteiger partial charge in [-0.25, -0.2) is 4.99 Å². The number of aliphatic carboxylic acids is 1. The smallest absolute Gasteiger partial charge is 0.314 e. The van der Waals surface area contributed by atoms with Crippen LogP contribution in [-0.4, -0.2) is 26.8 Å². The Morgan fingerprint density at radius 1 is 1.55 bits per heavy atom. The van der Waals surface area contributed by atoms with E-state index in [4.69, 9.17) is 12.2 Å². The van der Waals surface area contributed by atoms with E-state index < -0.39 is 22.9 Å². The molecule has 0 saturated carbocycles. The molecule has 1 aromatic carbocycles. The second-order valence-corrected chi connectivity index (χ2v) is 4.74. The molecule has 2 unspecified atom stereocenters. The summed E-state index contributed by atoms with van der Waals surface area (Å²) in [5, 5.41) is 23.1. The molecule has 1 aliphatic rings. The Balaban J connectivity index is 2.46. The average Bonchev–Trinajstić information content (AvgIpc) is 2.37. The van der Waals surface area contributed by atoms with Gasteiger partial charge in [-0.1, -0.05) is 12.1 Å². The van der Waals surface area contributed by atoms with Gasteiger partial charge >= 0.3 is 5.97 Å². The molecule has 0 spiro atoms. The summed E-state index contributed by atoms with van der Waals surface area (Å²) in [7, 11) is 0. The molecule has 1 heterocycles. The standard InChI is InChI=1S/C12H11N3O4S/c1-6-9(11(16)17)10(14-12(20)13-6)7-3-2-4-8(5-7)15(18)19/h2-5,9-10H,1H3,(H,14,20)(H,16,17). The lowest BCUT2D eigenvalue weighted by Gasteiger charge is -2.29. The molecule has 0 aliphatic carbocycles. The summed E-state index contributed by atoms with van der Waals surface area (Å²) in [6.07, 6.45) is 0. The van der Waals surface area contributed by atoms with Crippen molar-refractivity contribution in [3.05, 3.63) is 39.9 Å². The molecular weight excluding hydrogens is 282 g/mol. The van der Waals surface area contributed by atoms with Crippen LogP contribution in [0.5, 0.6) is 0 Å². The number of carbonyl (C=O) groups is 1. The molecule has 0 aromatic heterocycles. The quantitative estimate of drug-likeness (QED) is 0.499. The lowest BCUT2D eigenvalue weighted by atomic mass is 9.88. The number of benzene rings is 1. The highest BCUT2D eigenvalue weighted by Crippen LogP contribution is 2.29. The zero-order valence-electron chi connectivity index (χ0n) is 10.4. The van der Waals surface area contributed by atoms with E-state index in [1.807, 2.05) is 0 Å². The van der Waals surface area contributed by atoms with Crippen LogP contribution >= 0.6 is 12.2 Å². The molecule has 0 bridgehead atoms. The number of nitrogens with zero attached hydrogens (tertiary/aromatic N) is 2. The van der Waals surface area contributed by atoms with E-state index in [0.29, 0.717) is 11.3 Å². The number of rotatable bonds is 3. The Morgan fingerprint density at radius 2 is 2.25 bits per heavy atom. The fraction of sp³-hybridized carbons (Fsp3) is 0.250. The molecule has 1 aliphatic heterocycles. The maximum atomic E-state index is 11.4. The number of thiocarbonyl (C=S) groups is 1. The van der Waals surface area contributed by atoms with Gasteiger partial charge < -0.3 is 10.4 Å². The number of carboxylic acids is 1. The van der Waals surface area contributed by atoms with Crippen molar-refractivity contribution in [1.29, 1.82) is 0 Å². The molecule has 20 heavy (non-hydrogen) atoms. The number of nitro groups is 1. The number of hydrogen-bond acceptors (Lipinski definition) is 4. The lowest BCUT2D eigenvalue weighted by molar-refractivity contribution is -0.384. The first kappa shape index (κ1) is 14.1. The Labute approximate surface area is 119 Å². The van der Waals surface area contributed by atoms with Crippen LogP contribution < -0.4 is 5.32 Å². The first-order chi connectivity index (χ1) is 9.40. The molecule has 8 heteroatoms. The number of nitro benzene ring substituents is 1. The summed E-state index contributed by atoms with van der Waals surface area (Å²) in [5.74, 6) is -1.97. The van der Waals surface area contributed by atoms with Gasteiger partial charge in [-0.15, -0.1) is 0 Å². The van der Waals surface area contributed by atoms with Gasteiger partial charge in [0.25, 0.3) is 5.69 Å². The van der Waals surface area contributed by atoms with Crippen LogP contribution in [0.25, 0.3) is 0 Å². The summed E-state index contributed by atoms with van der Waals surface area (Å²) in [5.41, 5.74) is 0.764. The van der Waals surface area contributed by atoms with Gasteiger partial charge in [0.15, 0.2) is 5.11 Å². The van der Waals surface area contributed by atoms with Gasteiger partial charge in [-0.05, 0) is 24.7 Å². The van der Waals surface area contributed by atoms with E-state index >= 15 is 0 Å². The van der Waals surface area contributed by atoms with E-state index in [-0.39, 0.29) is 10.8 Å². The second-order valence-electron chi connectivity index (χ2n) is 4.35.